The number of carbonyl (C=O) groups is 2. The summed E-state index contributed by atoms with van der Waals surface area (Å²) in [7, 11) is 0. The highest BCUT2D eigenvalue weighted by molar-refractivity contribution is 7.94. The number of oxazole rings is 1. The first-order valence-electron chi connectivity index (χ1n) is 11.1. The summed E-state index contributed by atoms with van der Waals surface area (Å²) in [5.41, 5.74) is 1.27. The molecule has 2 saturated carbocycles. The predicted octanol–water partition coefficient (Wildman–Crippen LogP) is 6.39. The Bertz CT molecular complexity index is 760. The fourth-order valence-electron chi connectivity index (χ4n) is 4.43. The lowest BCUT2D eigenvalue weighted by atomic mass is 9.73. The van der Waals surface area contributed by atoms with Crippen molar-refractivity contribution in [3.8, 4) is 0 Å². The summed E-state index contributed by atoms with van der Waals surface area (Å²) in [4.78, 5) is 25.5. The van der Waals surface area contributed by atoms with Gasteiger partial charge in [0.25, 0.3) is 5.22 Å². The second-order valence-electron chi connectivity index (χ2n) is 8.18. The van der Waals surface area contributed by atoms with Gasteiger partial charge in [-0.05, 0) is 24.0 Å². The van der Waals surface area contributed by atoms with Gasteiger partial charge in [-0.25, -0.2) is 4.98 Å². The van der Waals surface area contributed by atoms with E-state index in [1.165, 1.54) is 38.5 Å². The zero-order chi connectivity index (χ0) is 21.2. The SMILES string of the molecule is C1CCC(C2CCCCC2)CC1.O=C(O)CCC(=O)OSc1nc2ccccc2o1. The number of fused-ring (bicyclic) bond motifs is 1. The highest BCUT2D eigenvalue weighted by Crippen LogP contribution is 2.37. The van der Waals surface area contributed by atoms with Gasteiger partial charge < -0.3 is 13.7 Å². The number of nitrogens with zero attached hydrogens (tertiary/aromatic N) is 1. The van der Waals surface area contributed by atoms with Crippen LogP contribution in [0.4, 0.5) is 0 Å². The first-order valence-corrected chi connectivity index (χ1v) is 11.8. The van der Waals surface area contributed by atoms with Crippen molar-refractivity contribution in [1.82, 2.24) is 4.98 Å². The number of rotatable bonds is 6. The van der Waals surface area contributed by atoms with Gasteiger partial charge in [0.1, 0.15) is 5.52 Å². The maximum Gasteiger partial charge on any atom is 0.318 e. The highest BCUT2D eigenvalue weighted by atomic mass is 32.2. The lowest BCUT2D eigenvalue weighted by Gasteiger charge is -2.32. The summed E-state index contributed by atoms with van der Waals surface area (Å²) in [6.07, 6.45) is 15.0. The van der Waals surface area contributed by atoms with Crippen LogP contribution >= 0.6 is 12.0 Å². The van der Waals surface area contributed by atoms with Crippen LogP contribution in [0.25, 0.3) is 11.1 Å². The molecule has 0 spiro atoms. The van der Waals surface area contributed by atoms with Gasteiger partial charge in [-0.3, -0.25) is 9.59 Å². The Morgan fingerprint density at radius 3 is 2.13 bits per heavy atom. The van der Waals surface area contributed by atoms with Crippen LogP contribution in [0.1, 0.15) is 77.0 Å². The monoisotopic (exact) mass is 433 g/mol. The summed E-state index contributed by atoms with van der Waals surface area (Å²) in [5.74, 6) is 0.613. The van der Waals surface area contributed by atoms with Crippen molar-refractivity contribution in [3.63, 3.8) is 0 Å². The molecule has 6 nitrogen and oxygen atoms in total. The molecule has 0 amide bonds. The zero-order valence-corrected chi connectivity index (χ0v) is 18.2. The van der Waals surface area contributed by atoms with E-state index >= 15 is 0 Å². The third kappa shape index (κ3) is 7.35. The molecule has 30 heavy (non-hydrogen) atoms. The number of carboxylic acid groups (broad SMARTS) is 1. The van der Waals surface area contributed by atoms with Crippen LogP contribution in [0.2, 0.25) is 0 Å². The molecule has 1 aromatic heterocycles. The number of carboxylic acids is 1. The van der Waals surface area contributed by atoms with Crippen molar-refractivity contribution in [2.24, 2.45) is 11.8 Å². The van der Waals surface area contributed by atoms with E-state index in [0.29, 0.717) is 23.1 Å². The van der Waals surface area contributed by atoms with E-state index in [1.807, 2.05) is 6.07 Å². The van der Waals surface area contributed by atoms with Gasteiger partial charge in [-0.15, -0.1) is 0 Å². The Labute approximate surface area is 182 Å². The zero-order valence-electron chi connectivity index (χ0n) is 17.4. The Balaban J connectivity index is 0.000000184. The van der Waals surface area contributed by atoms with Crippen LogP contribution in [-0.2, 0) is 13.8 Å². The van der Waals surface area contributed by atoms with Crippen LogP contribution in [0.15, 0.2) is 33.9 Å². The van der Waals surface area contributed by atoms with Gasteiger partial charge in [0.2, 0.25) is 0 Å². The van der Waals surface area contributed by atoms with E-state index in [-0.39, 0.29) is 18.1 Å². The third-order valence-electron chi connectivity index (χ3n) is 5.99. The summed E-state index contributed by atoms with van der Waals surface area (Å²) in [5, 5.41) is 8.61. The smallest absolute Gasteiger partial charge is 0.318 e. The molecule has 2 aliphatic carbocycles. The van der Waals surface area contributed by atoms with Crippen LogP contribution in [0, 0.1) is 11.8 Å². The molecule has 1 N–H and O–H groups in total. The summed E-state index contributed by atoms with van der Waals surface area (Å²) >= 11 is 0.686. The quantitative estimate of drug-likeness (QED) is 0.528. The molecule has 1 aromatic carbocycles. The molecular weight excluding hydrogens is 402 g/mol. The molecule has 2 aliphatic rings. The first kappa shape index (κ1) is 22.7. The van der Waals surface area contributed by atoms with Gasteiger partial charge in [0.05, 0.1) is 12.8 Å². The Hall–Kier alpha value is -2.02. The molecule has 0 atom stereocenters. The fraction of sp³-hybridized carbons (Fsp3) is 0.609. The molecule has 0 bridgehead atoms. The molecule has 164 valence electrons. The van der Waals surface area contributed by atoms with Crippen molar-refractivity contribution >= 4 is 35.1 Å². The molecule has 2 aromatic rings. The van der Waals surface area contributed by atoms with Crippen molar-refractivity contribution in [2.45, 2.75) is 82.3 Å². The van der Waals surface area contributed by atoms with E-state index in [4.69, 9.17) is 13.7 Å². The van der Waals surface area contributed by atoms with E-state index < -0.39 is 11.9 Å². The van der Waals surface area contributed by atoms with Crippen LogP contribution in [-0.4, -0.2) is 22.0 Å². The topological polar surface area (TPSA) is 89.6 Å². The van der Waals surface area contributed by atoms with Crippen molar-refractivity contribution < 1.29 is 23.3 Å². The van der Waals surface area contributed by atoms with Crippen molar-refractivity contribution in [2.75, 3.05) is 0 Å². The largest absolute Gasteiger partial charge is 0.481 e. The molecule has 4 rings (SSSR count). The summed E-state index contributed by atoms with van der Waals surface area (Å²) < 4.78 is 10.1. The van der Waals surface area contributed by atoms with Crippen molar-refractivity contribution in [1.29, 1.82) is 0 Å². The Morgan fingerprint density at radius 2 is 1.57 bits per heavy atom. The molecule has 7 heteroatoms. The van der Waals surface area contributed by atoms with Gasteiger partial charge in [-0.2, -0.15) is 0 Å². The normalized spacial score (nSPS) is 17.9. The molecule has 0 radical (unpaired) electrons. The number of hydrogen-bond donors (Lipinski definition) is 1. The van der Waals surface area contributed by atoms with Gasteiger partial charge in [0, 0.05) is 0 Å². The standard InChI is InChI=1S/C12H22.C11H9NO5S/c1-3-7-11(8-4-1)12-9-5-2-6-10-12;13-9(14)5-6-10(15)17-18-11-12-7-3-1-2-4-8(7)16-11/h11-12H,1-10H2;1-4H,5-6H2,(H,13,14). The first-order chi connectivity index (χ1) is 14.6. The average molecular weight is 434 g/mol. The minimum atomic E-state index is -1.04. The van der Waals surface area contributed by atoms with E-state index in [0.717, 1.165) is 11.8 Å². The number of benzene rings is 1. The summed E-state index contributed by atoms with van der Waals surface area (Å²) in [6.45, 7) is 0. The van der Waals surface area contributed by atoms with E-state index in [2.05, 4.69) is 4.98 Å². The Morgan fingerprint density at radius 1 is 0.967 bits per heavy atom. The molecule has 0 aliphatic heterocycles. The molecular formula is C23H31NO5S. The van der Waals surface area contributed by atoms with E-state index in [1.54, 1.807) is 43.9 Å². The van der Waals surface area contributed by atoms with Crippen molar-refractivity contribution in [3.05, 3.63) is 24.3 Å². The average Bonchev–Trinajstić information content (AvgIpc) is 3.21. The number of aromatic nitrogens is 1. The number of para-hydroxylation sites is 2. The minimum absolute atomic E-state index is 0.178. The van der Waals surface area contributed by atoms with Crippen LogP contribution in [0.5, 0.6) is 0 Å². The second kappa shape index (κ2) is 12.0. The fourth-order valence-corrected chi connectivity index (χ4v) is 4.94. The van der Waals surface area contributed by atoms with Gasteiger partial charge >= 0.3 is 11.9 Å². The second-order valence-corrected chi connectivity index (χ2v) is 8.86. The highest BCUT2D eigenvalue weighted by Gasteiger charge is 2.24. The molecule has 0 unspecified atom stereocenters. The molecule has 2 fully saturated rings. The van der Waals surface area contributed by atoms with Crippen LogP contribution in [0.3, 0.4) is 0 Å². The maximum atomic E-state index is 11.2. The number of aliphatic carboxylic acids is 1. The maximum absolute atomic E-state index is 11.2. The third-order valence-corrected chi connectivity index (χ3v) is 6.58. The number of carbonyl (C=O) groups excluding carboxylic acids is 1. The van der Waals surface area contributed by atoms with Crippen LogP contribution < -0.4 is 0 Å². The van der Waals surface area contributed by atoms with Gasteiger partial charge in [-0.1, -0.05) is 76.3 Å². The molecule has 1 heterocycles. The minimum Gasteiger partial charge on any atom is -0.481 e. The lowest BCUT2D eigenvalue weighted by Crippen LogP contribution is -2.20. The van der Waals surface area contributed by atoms with Gasteiger partial charge in [0.15, 0.2) is 17.6 Å². The lowest BCUT2D eigenvalue weighted by molar-refractivity contribution is -0.141. The number of hydrogen-bond acceptors (Lipinski definition) is 6. The molecule has 0 saturated heterocycles. The summed E-state index contributed by atoms with van der Waals surface area (Å²) in [6, 6.07) is 7.15. The Kier molecular flexibility index (Phi) is 9.05. The predicted molar refractivity (Wildman–Crippen MR) is 116 cm³/mol. The van der Waals surface area contributed by atoms with E-state index in [9.17, 15) is 9.59 Å².